The first kappa shape index (κ1) is 22.7. The number of fused-ring (bicyclic) bond motifs is 1. The molecule has 0 aromatic rings. The highest BCUT2D eigenvalue weighted by atomic mass is 16.7. The molecular weight excluding hydrogens is 424 g/mol. The van der Waals surface area contributed by atoms with Crippen molar-refractivity contribution in [2.45, 2.75) is 57.2 Å². The van der Waals surface area contributed by atoms with E-state index < -0.39 is 65.2 Å². The molecule has 2 bridgehead atoms. The van der Waals surface area contributed by atoms with Crippen LogP contribution in [0.2, 0.25) is 0 Å². The van der Waals surface area contributed by atoms with E-state index in [1.54, 1.807) is 13.8 Å². The van der Waals surface area contributed by atoms with E-state index in [-0.39, 0.29) is 31.1 Å². The second-order valence-corrected chi connectivity index (χ2v) is 9.50. The van der Waals surface area contributed by atoms with E-state index in [2.05, 4.69) is 6.58 Å². The molecule has 6 atom stereocenters. The summed E-state index contributed by atoms with van der Waals surface area (Å²) in [6.45, 7) is 8.37. The number of esters is 4. The highest BCUT2D eigenvalue weighted by molar-refractivity contribution is 5.89. The van der Waals surface area contributed by atoms with Crippen molar-refractivity contribution in [3.63, 3.8) is 0 Å². The van der Waals surface area contributed by atoms with Crippen LogP contribution in [0.15, 0.2) is 12.2 Å². The Morgan fingerprint density at radius 2 is 1.81 bits per heavy atom. The minimum absolute atomic E-state index is 0.0759. The van der Waals surface area contributed by atoms with Gasteiger partial charge in [-0.05, 0) is 27.2 Å². The zero-order valence-corrected chi connectivity index (χ0v) is 18.6. The van der Waals surface area contributed by atoms with E-state index in [1.165, 1.54) is 14.0 Å². The van der Waals surface area contributed by atoms with Crippen LogP contribution in [-0.2, 0) is 47.6 Å². The minimum atomic E-state index is -1.40. The molecule has 10 nitrogen and oxygen atoms in total. The summed E-state index contributed by atoms with van der Waals surface area (Å²) < 4.78 is 32.9. The Hall–Kier alpha value is -2.46. The van der Waals surface area contributed by atoms with Gasteiger partial charge in [0.1, 0.15) is 12.2 Å². The van der Waals surface area contributed by atoms with E-state index in [0.29, 0.717) is 6.42 Å². The lowest BCUT2D eigenvalue weighted by Gasteiger charge is -2.43. The summed E-state index contributed by atoms with van der Waals surface area (Å²) in [5.74, 6) is -5.48. The van der Waals surface area contributed by atoms with Gasteiger partial charge in [0.05, 0.1) is 38.6 Å². The minimum Gasteiger partial charge on any atom is -0.469 e. The monoisotopic (exact) mass is 452 g/mol. The van der Waals surface area contributed by atoms with Crippen LogP contribution in [0, 0.1) is 23.7 Å². The molecule has 0 aromatic carbocycles. The molecule has 2 aliphatic heterocycles. The normalized spacial score (nSPS) is 35.7. The summed E-state index contributed by atoms with van der Waals surface area (Å²) in [5, 5.41) is 0. The highest BCUT2D eigenvalue weighted by Crippen LogP contribution is 2.59. The van der Waals surface area contributed by atoms with Gasteiger partial charge in [0.25, 0.3) is 0 Å². The largest absolute Gasteiger partial charge is 0.469 e. The maximum absolute atomic E-state index is 13.4. The molecule has 10 heteroatoms. The van der Waals surface area contributed by atoms with E-state index in [0.717, 1.165) is 0 Å². The van der Waals surface area contributed by atoms with Crippen molar-refractivity contribution in [3.05, 3.63) is 12.2 Å². The third-order valence-corrected chi connectivity index (χ3v) is 6.79. The van der Waals surface area contributed by atoms with E-state index in [4.69, 9.17) is 28.4 Å². The van der Waals surface area contributed by atoms with Gasteiger partial charge < -0.3 is 28.4 Å². The predicted octanol–water partition coefficient (Wildman–Crippen LogP) is 0.910. The second kappa shape index (κ2) is 7.84. The summed E-state index contributed by atoms with van der Waals surface area (Å²) in [4.78, 5) is 50.1. The van der Waals surface area contributed by atoms with Gasteiger partial charge in [-0.2, -0.15) is 0 Å². The second-order valence-electron chi connectivity index (χ2n) is 9.50. The van der Waals surface area contributed by atoms with Crippen LogP contribution in [0.25, 0.3) is 0 Å². The molecule has 4 fully saturated rings. The molecule has 2 aliphatic carbocycles. The van der Waals surface area contributed by atoms with Crippen LogP contribution >= 0.6 is 0 Å². The number of ether oxygens (including phenoxy) is 6. The average molecular weight is 452 g/mol. The molecule has 6 unspecified atom stereocenters. The number of hydrogen-bond donors (Lipinski definition) is 0. The predicted molar refractivity (Wildman–Crippen MR) is 105 cm³/mol. The summed E-state index contributed by atoms with van der Waals surface area (Å²) in [7, 11) is 1.23. The fourth-order valence-corrected chi connectivity index (χ4v) is 5.20. The molecule has 4 rings (SSSR count). The maximum Gasteiger partial charge on any atom is 0.333 e. The van der Waals surface area contributed by atoms with Gasteiger partial charge in [0, 0.05) is 17.4 Å². The lowest BCUT2D eigenvalue weighted by Crippen LogP contribution is -2.56. The van der Waals surface area contributed by atoms with Crippen molar-refractivity contribution in [2.75, 3.05) is 20.3 Å². The van der Waals surface area contributed by atoms with Crippen LogP contribution in [0.3, 0.4) is 0 Å². The number of methoxy groups -OCH3 is 1. The summed E-state index contributed by atoms with van der Waals surface area (Å²) in [6.07, 6.45) is -1.09. The van der Waals surface area contributed by atoms with Crippen molar-refractivity contribution in [3.8, 4) is 0 Å². The zero-order chi connectivity index (χ0) is 23.4. The van der Waals surface area contributed by atoms with Crippen molar-refractivity contribution in [1.29, 1.82) is 0 Å². The van der Waals surface area contributed by atoms with Gasteiger partial charge in [-0.25, -0.2) is 4.79 Å². The SMILES string of the molecule is C=C(C)C(=O)OC1C2CC3C1OC(=O)C3C2C(=O)OC1(CC(=O)OC)COC(C)(C)OC1. The van der Waals surface area contributed by atoms with Crippen LogP contribution < -0.4 is 0 Å². The van der Waals surface area contributed by atoms with Gasteiger partial charge >= 0.3 is 23.9 Å². The van der Waals surface area contributed by atoms with Gasteiger partial charge in [-0.3, -0.25) is 14.4 Å². The standard InChI is InChI=1S/C22H28O10/c1-10(2)18(24)30-16-12-6-11-14(19(25)31-17(11)16)15(12)20(26)32-22(7-13(23)27-5)8-28-21(3,4)29-9-22/h11-12,14-17H,1,6-9H2,2-5H3. The van der Waals surface area contributed by atoms with Crippen LogP contribution in [-0.4, -0.2) is 67.8 Å². The van der Waals surface area contributed by atoms with Crippen molar-refractivity contribution < 1.29 is 47.6 Å². The molecular formula is C22H28O10. The summed E-state index contributed by atoms with van der Waals surface area (Å²) >= 11 is 0. The maximum atomic E-state index is 13.4. The lowest BCUT2D eigenvalue weighted by atomic mass is 9.78. The summed E-state index contributed by atoms with van der Waals surface area (Å²) in [6, 6.07) is 0. The first-order valence-corrected chi connectivity index (χ1v) is 10.6. The van der Waals surface area contributed by atoms with Crippen LogP contribution in [0.5, 0.6) is 0 Å². The first-order valence-electron chi connectivity index (χ1n) is 10.6. The Bertz CT molecular complexity index is 851. The van der Waals surface area contributed by atoms with Crippen molar-refractivity contribution >= 4 is 23.9 Å². The molecule has 2 saturated carbocycles. The Balaban J connectivity index is 1.56. The quantitative estimate of drug-likeness (QED) is 0.326. The molecule has 2 heterocycles. The van der Waals surface area contributed by atoms with E-state index in [1.807, 2.05) is 0 Å². The molecule has 0 amide bonds. The fraction of sp³-hybridized carbons (Fsp3) is 0.727. The number of hydrogen-bond acceptors (Lipinski definition) is 10. The third-order valence-electron chi connectivity index (χ3n) is 6.79. The topological polar surface area (TPSA) is 124 Å². The van der Waals surface area contributed by atoms with Gasteiger partial charge in [0.15, 0.2) is 11.4 Å². The smallest absolute Gasteiger partial charge is 0.333 e. The number of carbonyl (C=O) groups excluding carboxylic acids is 4. The van der Waals surface area contributed by atoms with E-state index >= 15 is 0 Å². The van der Waals surface area contributed by atoms with Crippen LogP contribution in [0.1, 0.15) is 33.6 Å². The molecule has 0 N–H and O–H groups in total. The summed E-state index contributed by atoms with van der Waals surface area (Å²) in [5.41, 5.74) is -1.18. The van der Waals surface area contributed by atoms with Gasteiger partial charge in [-0.15, -0.1) is 0 Å². The number of carbonyl (C=O) groups is 4. The number of rotatable bonds is 6. The zero-order valence-electron chi connectivity index (χ0n) is 18.6. The Morgan fingerprint density at radius 1 is 1.16 bits per heavy atom. The highest BCUT2D eigenvalue weighted by Gasteiger charge is 2.70. The van der Waals surface area contributed by atoms with Gasteiger partial charge in [-0.1, -0.05) is 6.58 Å². The molecule has 2 saturated heterocycles. The molecule has 32 heavy (non-hydrogen) atoms. The lowest BCUT2D eigenvalue weighted by molar-refractivity contribution is -0.306. The molecule has 176 valence electrons. The van der Waals surface area contributed by atoms with Gasteiger partial charge in [0.2, 0.25) is 0 Å². The third kappa shape index (κ3) is 3.79. The van der Waals surface area contributed by atoms with E-state index in [9.17, 15) is 19.2 Å². The molecule has 0 spiro atoms. The Kier molecular flexibility index (Phi) is 5.57. The average Bonchev–Trinajstić information content (AvgIpc) is 3.34. The van der Waals surface area contributed by atoms with Crippen molar-refractivity contribution in [2.24, 2.45) is 23.7 Å². The van der Waals surface area contributed by atoms with Crippen LogP contribution in [0.4, 0.5) is 0 Å². The fourth-order valence-electron chi connectivity index (χ4n) is 5.20. The Morgan fingerprint density at radius 3 is 2.41 bits per heavy atom. The molecule has 0 radical (unpaired) electrons. The van der Waals surface area contributed by atoms with Crippen molar-refractivity contribution in [1.82, 2.24) is 0 Å². The molecule has 0 aromatic heterocycles. The first-order chi connectivity index (χ1) is 15.0. The Labute approximate surface area is 185 Å². The molecule has 4 aliphatic rings.